The molecule has 0 amide bonds. The number of halogens is 3. The minimum Gasteiger partial charge on any atom is -0.352 e. The van der Waals surface area contributed by atoms with Crippen LogP contribution in [0.25, 0.3) is 0 Å². The minimum absolute atomic E-state index is 0.429. The molecule has 0 aliphatic carbocycles. The van der Waals surface area contributed by atoms with E-state index >= 15 is 0 Å². The fraction of sp³-hybridized carbons (Fsp3) is 0. The molecule has 0 fully saturated rings. The monoisotopic (exact) mass is 296 g/mol. The number of para-hydroxylation sites is 1. The first kappa shape index (κ1) is 13.0. The van der Waals surface area contributed by atoms with Crippen LogP contribution in [0.4, 0.5) is 11.4 Å². The van der Waals surface area contributed by atoms with Crippen molar-refractivity contribution < 1.29 is 0 Å². The molecule has 18 heavy (non-hydrogen) atoms. The van der Waals surface area contributed by atoms with Gasteiger partial charge in [-0.1, -0.05) is 40.9 Å². The number of nitrogens with one attached hydrogen (secondary N) is 1. The van der Waals surface area contributed by atoms with Crippen LogP contribution in [0, 0.1) is 11.3 Å². The largest absolute Gasteiger partial charge is 0.352 e. The van der Waals surface area contributed by atoms with E-state index in [2.05, 4.69) is 11.4 Å². The lowest BCUT2D eigenvalue weighted by atomic mass is 10.2. The van der Waals surface area contributed by atoms with Gasteiger partial charge in [-0.2, -0.15) is 5.26 Å². The Hall–Kier alpha value is -1.40. The fourth-order valence-corrected chi connectivity index (χ4v) is 2.13. The maximum Gasteiger partial charge on any atom is 0.101 e. The highest BCUT2D eigenvalue weighted by Gasteiger charge is 2.08. The van der Waals surface area contributed by atoms with Crippen LogP contribution >= 0.6 is 34.8 Å². The van der Waals surface area contributed by atoms with Crippen molar-refractivity contribution >= 4 is 46.2 Å². The van der Waals surface area contributed by atoms with E-state index in [0.29, 0.717) is 32.0 Å². The van der Waals surface area contributed by atoms with Crippen LogP contribution in [-0.4, -0.2) is 0 Å². The van der Waals surface area contributed by atoms with Gasteiger partial charge in [-0.05, 0) is 30.3 Å². The van der Waals surface area contributed by atoms with Gasteiger partial charge in [0, 0.05) is 5.02 Å². The predicted molar refractivity (Wildman–Crippen MR) is 75.9 cm³/mol. The molecule has 0 spiro atoms. The van der Waals surface area contributed by atoms with Gasteiger partial charge < -0.3 is 5.32 Å². The average molecular weight is 298 g/mol. The molecule has 0 bridgehead atoms. The second-order valence-electron chi connectivity index (χ2n) is 3.52. The summed E-state index contributed by atoms with van der Waals surface area (Å²) < 4.78 is 0. The van der Waals surface area contributed by atoms with Gasteiger partial charge in [0.1, 0.15) is 6.07 Å². The third-order valence-corrected chi connectivity index (χ3v) is 3.19. The van der Waals surface area contributed by atoms with E-state index in [1.54, 1.807) is 36.4 Å². The first-order valence-corrected chi connectivity index (χ1v) is 6.16. The summed E-state index contributed by atoms with van der Waals surface area (Å²) in [4.78, 5) is 0. The molecule has 0 saturated carbocycles. The van der Waals surface area contributed by atoms with Gasteiger partial charge >= 0.3 is 0 Å². The highest BCUT2D eigenvalue weighted by atomic mass is 35.5. The molecular formula is C13H7Cl3N2. The molecule has 0 aliphatic heterocycles. The summed E-state index contributed by atoms with van der Waals surface area (Å²) in [6, 6.07) is 12.2. The Bertz CT molecular complexity index is 612. The van der Waals surface area contributed by atoms with E-state index in [1.807, 2.05) is 0 Å². The van der Waals surface area contributed by atoms with Crippen molar-refractivity contribution in [3.63, 3.8) is 0 Å². The number of hydrogen-bond acceptors (Lipinski definition) is 2. The molecule has 0 radical (unpaired) electrons. The molecule has 2 rings (SSSR count). The van der Waals surface area contributed by atoms with Gasteiger partial charge in [0.25, 0.3) is 0 Å². The molecule has 0 heterocycles. The van der Waals surface area contributed by atoms with E-state index in [9.17, 15) is 0 Å². The first-order valence-electron chi connectivity index (χ1n) is 5.02. The van der Waals surface area contributed by atoms with Crippen molar-refractivity contribution in [1.29, 1.82) is 5.26 Å². The summed E-state index contributed by atoms with van der Waals surface area (Å²) in [6.45, 7) is 0. The van der Waals surface area contributed by atoms with E-state index < -0.39 is 0 Å². The zero-order valence-corrected chi connectivity index (χ0v) is 11.3. The van der Waals surface area contributed by atoms with Crippen LogP contribution < -0.4 is 5.32 Å². The number of nitrogens with zero attached hydrogens (tertiary/aromatic N) is 1. The molecule has 0 aromatic heterocycles. The van der Waals surface area contributed by atoms with Crippen LogP contribution in [0.3, 0.4) is 0 Å². The van der Waals surface area contributed by atoms with Crippen molar-refractivity contribution in [3.05, 3.63) is 57.0 Å². The lowest BCUT2D eigenvalue weighted by Gasteiger charge is -2.11. The maximum absolute atomic E-state index is 9.04. The van der Waals surface area contributed by atoms with E-state index in [4.69, 9.17) is 40.1 Å². The molecule has 2 aromatic rings. The second kappa shape index (κ2) is 5.49. The molecule has 1 N–H and O–H groups in total. The van der Waals surface area contributed by atoms with Crippen LogP contribution in [0.1, 0.15) is 5.56 Å². The fourth-order valence-electron chi connectivity index (χ4n) is 1.47. The van der Waals surface area contributed by atoms with Gasteiger partial charge in [-0.15, -0.1) is 0 Å². The Morgan fingerprint density at radius 1 is 1.00 bits per heavy atom. The quantitative estimate of drug-likeness (QED) is 0.820. The van der Waals surface area contributed by atoms with Crippen molar-refractivity contribution in [3.8, 4) is 6.07 Å². The first-order chi connectivity index (χ1) is 8.61. The van der Waals surface area contributed by atoms with Gasteiger partial charge in [0.2, 0.25) is 0 Å². The van der Waals surface area contributed by atoms with Gasteiger partial charge in [0.15, 0.2) is 0 Å². The topological polar surface area (TPSA) is 35.8 Å². The summed E-state index contributed by atoms with van der Waals surface area (Å²) in [5.74, 6) is 0. The van der Waals surface area contributed by atoms with Gasteiger partial charge in [-0.3, -0.25) is 0 Å². The Morgan fingerprint density at radius 3 is 2.28 bits per heavy atom. The van der Waals surface area contributed by atoms with E-state index in [0.717, 1.165) is 0 Å². The van der Waals surface area contributed by atoms with Crippen LogP contribution in [0.5, 0.6) is 0 Å². The molecule has 90 valence electrons. The summed E-state index contributed by atoms with van der Waals surface area (Å²) in [6.07, 6.45) is 0. The van der Waals surface area contributed by atoms with Crippen LogP contribution in [0.15, 0.2) is 36.4 Å². The smallest absolute Gasteiger partial charge is 0.101 e. The number of rotatable bonds is 2. The predicted octanol–water partition coefficient (Wildman–Crippen LogP) is 5.26. The van der Waals surface area contributed by atoms with E-state index in [1.165, 1.54) is 0 Å². The summed E-state index contributed by atoms with van der Waals surface area (Å²) in [7, 11) is 0. The highest BCUT2D eigenvalue weighted by molar-refractivity contribution is 6.39. The molecule has 0 aliphatic rings. The zero-order valence-electron chi connectivity index (χ0n) is 9.05. The molecule has 0 atom stereocenters. The minimum atomic E-state index is 0.429. The standard InChI is InChI=1S/C13H7Cl3N2/c14-9-4-5-12(8(6-9)7-17)18-13-10(15)2-1-3-11(13)16/h1-6,18H. The van der Waals surface area contributed by atoms with Crippen molar-refractivity contribution in [2.45, 2.75) is 0 Å². The van der Waals surface area contributed by atoms with Crippen LogP contribution in [0.2, 0.25) is 15.1 Å². The summed E-state index contributed by atoms with van der Waals surface area (Å²) in [5.41, 5.74) is 1.61. The van der Waals surface area contributed by atoms with E-state index in [-0.39, 0.29) is 0 Å². The Kier molecular flexibility index (Phi) is 3.98. The van der Waals surface area contributed by atoms with Crippen molar-refractivity contribution in [2.24, 2.45) is 0 Å². The van der Waals surface area contributed by atoms with Gasteiger partial charge in [-0.25, -0.2) is 0 Å². The maximum atomic E-state index is 9.04. The zero-order chi connectivity index (χ0) is 13.1. The lowest BCUT2D eigenvalue weighted by molar-refractivity contribution is 1.46. The lowest BCUT2D eigenvalue weighted by Crippen LogP contribution is -1.95. The van der Waals surface area contributed by atoms with Crippen LogP contribution in [-0.2, 0) is 0 Å². The molecule has 2 nitrogen and oxygen atoms in total. The summed E-state index contributed by atoms with van der Waals surface area (Å²) >= 11 is 17.9. The molecule has 5 heteroatoms. The number of benzene rings is 2. The highest BCUT2D eigenvalue weighted by Crippen LogP contribution is 2.33. The Labute approximate surface area is 120 Å². The molecule has 0 unspecified atom stereocenters. The number of hydrogen-bond donors (Lipinski definition) is 1. The molecule has 2 aromatic carbocycles. The number of nitriles is 1. The number of anilines is 2. The van der Waals surface area contributed by atoms with Crippen molar-refractivity contribution in [2.75, 3.05) is 5.32 Å². The SMILES string of the molecule is N#Cc1cc(Cl)ccc1Nc1c(Cl)cccc1Cl. The Balaban J connectivity index is 2.44. The molecule has 0 saturated heterocycles. The second-order valence-corrected chi connectivity index (χ2v) is 4.77. The average Bonchev–Trinajstić information content (AvgIpc) is 2.35. The third kappa shape index (κ3) is 2.70. The van der Waals surface area contributed by atoms with Crippen molar-refractivity contribution in [1.82, 2.24) is 0 Å². The Morgan fingerprint density at radius 2 is 1.67 bits per heavy atom. The van der Waals surface area contributed by atoms with Gasteiger partial charge in [0.05, 0.1) is 27.0 Å². The third-order valence-electron chi connectivity index (χ3n) is 2.32. The normalized spacial score (nSPS) is 9.89. The summed E-state index contributed by atoms with van der Waals surface area (Å²) in [5, 5.41) is 13.6. The molecular weight excluding hydrogens is 291 g/mol.